The number of rotatable bonds is 6. The fourth-order valence-electron chi connectivity index (χ4n) is 1.83. The number of anilines is 3. The van der Waals surface area contributed by atoms with Crippen molar-refractivity contribution in [1.29, 1.82) is 0 Å². The predicted octanol–water partition coefficient (Wildman–Crippen LogP) is 3.81. The molecule has 0 aromatic heterocycles. The first-order valence-electron chi connectivity index (χ1n) is 6.65. The molecule has 0 aliphatic rings. The Balaban J connectivity index is 2.07. The van der Waals surface area contributed by atoms with Gasteiger partial charge in [-0.3, -0.25) is 0 Å². The second-order valence-corrected chi connectivity index (χ2v) is 4.49. The van der Waals surface area contributed by atoms with Gasteiger partial charge in [0, 0.05) is 29.2 Å². The van der Waals surface area contributed by atoms with Crippen LogP contribution in [0.2, 0.25) is 0 Å². The van der Waals surface area contributed by atoms with Gasteiger partial charge in [-0.2, -0.15) is 0 Å². The SMILES string of the molecule is CCCOc1ccc(Nc2cc(N)cc(OC)c2)cc1. The maximum atomic E-state index is 5.83. The second-order valence-electron chi connectivity index (χ2n) is 4.49. The van der Waals surface area contributed by atoms with Gasteiger partial charge in [-0.15, -0.1) is 0 Å². The highest BCUT2D eigenvalue weighted by molar-refractivity contribution is 5.66. The van der Waals surface area contributed by atoms with Gasteiger partial charge in [0.1, 0.15) is 11.5 Å². The number of nitrogens with two attached hydrogens (primary N) is 1. The number of nitrogens with one attached hydrogen (secondary N) is 1. The monoisotopic (exact) mass is 272 g/mol. The van der Waals surface area contributed by atoms with Crippen molar-refractivity contribution in [3.8, 4) is 11.5 Å². The molecule has 4 nitrogen and oxygen atoms in total. The molecule has 0 amide bonds. The van der Waals surface area contributed by atoms with Crippen molar-refractivity contribution in [3.63, 3.8) is 0 Å². The van der Waals surface area contributed by atoms with Crippen molar-refractivity contribution in [2.45, 2.75) is 13.3 Å². The normalized spacial score (nSPS) is 10.1. The molecule has 106 valence electrons. The maximum absolute atomic E-state index is 5.83. The van der Waals surface area contributed by atoms with E-state index in [-0.39, 0.29) is 0 Å². The van der Waals surface area contributed by atoms with Gasteiger partial charge in [0.05, 0.1) is 13.7 Å². The first kappa shape index (κ1) is 14.1. The van der Waals surface area contributed by atoms with Crippen LogP contribution in [0.5, 0.6) is 11.5 Å². The Kier molecular flexibility index (Phi) is 4.71. The van der Waals surface area contributed by atoms with E-state index in [1.807, 2.05) is 36.4 Å². The fourth-order valence-corrected chi connectivity index (χ4v) is 1.83. The minimum absolute atomic E-state index is 0.662. The number of nitrogen functional groups attached to an aromatic ring is 1. The molecule has 0 aliphatic heterocycles. The highest BCUT2D eigenvalue weighted by Crippen LogP contribution is 2.26. The summed E-state index contributed by atoms with van der Waals surface area (Å²) < 4.78 is 10.7. The van der Waals surface area contributed by atoms with E-state index < -0.39 is 0 Å². The molecule has 20 heavy (non-hydrogen) atoms. The summed E-state index contributed by atoms with van der Waals surface area (Å²) >= 11 is 0. The van der Waals surface area contributed by atoms with Crippen LogP contribution in [0.1, 0.15) is 13.3 Å². The molecule has 0 heterocycles. The number of hydrogen-bond donors (Lipinski definition) is 2. The van der Waals surface area contributed by atoms with Gasteiger partial charge in [0.15, 0.2) is 0 Å². The van der Waals surface area contributed by atoms with E-state index in [0.717, 1.165) is 35.9 Å². The van der Waals surface area contributed by atoms with Gasteiger partial charge in [-0.05, 0) is 36.8 Å². The molecule has 4 heteroatoms. The van der Waals surface area contributed by atoms with Crippen LogP contribution in [0, 0.1) is 0 Å². The Hall–Kier alpha value is -2.36. The fraction of sp³-hybridized carbons (Fsp3) is 0.250. The lowest BCUT2D eigenvalue weighted by molar-refractivity contribution is 0.317. The lowest BCUT2D eigenvalue weighted by atomic mass is 10.2. The maximum Gasteiger partial charge on any atom is 0.122 e. The molecule has 0 radical (unpaired) electrons. The summed E-state index contributed by atoms with van der Waals surface area (Å²) in [6.45, 7) is 2.82. The average molecular weight is 272 g/mol. The first-order chi connectivity index (χ1) is 9.71. The zero-order valence-corrected chi connectivity index (χ0v) is 11.8. The molecule has 2 aromatic carbocycles. The molecule has 0 fully saturated rings. The molecule has 0 atom stereocenters. The van der Waals surface area contributed by atoms with Crippen LogP contribution in [-0.2, 0) is 0 Å². The Labute approximate surface area is 119 Å². The Bertz CT molecular complexity index is 553. The summed E-state index contributed by atoms with van der Waals surface area (Å²) in [5.41, 5.74) is 8.36. The van der Waals surface area contributed by atoms with Crippen LogP contribution in [0.4, 0.5) is 17.1 Å². The molecular formula is C16H20N2O2. The summed E-state index contributed by atoms with van der Waals surface area (Å²) in [6, 6.07) is 13.4. The molecular weight excluding hydrogens is 252 g/mol. The lowest BCUT2D eigenvalue weighted by Crippen LogP contribution is -1.96. The highest BCUT2D eigenvalue weighted by Gasteiger charge is 2.00. The molecule has 2 rings (SSSR count). The summed E-state index contributed by atoms with van der Waals surface area (Å²) in [5, 5.41) is 3.29. The van der Waals surface area contributed by atoms with Crippen molar-refractivity contribution < 1.29 is 9.47 Å². The molecule has 0 saturated heterocycles. The Morgan fingerprint density at radius 1 is 1.00 bits per heavy atom. The van der Waals surface area contributed by atoms with Gasteiger partial charge in [0.2, 0.25) is 0 Å². The number of ether oxygens (including phenoxy) is 2. The van der Waals surface area contributed by atoms with Crippen LogP contribution < -0.4 is 20.5 Å². The van der Waals surface area contributed by atoms with Crippen LogP contribution in [0.15, 0.2) is 42.5 Å². The van der Waals surface area contributed by atoms with Crippen LogP contribution in [0.3, 0.4) is 0 Å². The van der Waals surface area contributed by atoms with Crippen LogP contribution in [-0.4, -0.2) is 13.7 Å². The molecule has 0 unspecified atom stereocenters. The number of benzene rings is 2. The van der Waals surface area contributed by atoms with E-state index in [1.165, 1.54) is 0 Å². The van der Waals surface area contributed by atoms with Crippen molar-refractivity contribution in [2.75, 3.05) is 24.8 Å². The molecule has 0 aliphatic carbocycles. The largest absolute Gasteiger partial charge is 0.497 e. The second kappa shape index (κ2) is 6.70. The summed E-state index contributed by atoms with van der Waals surface area (Å²) in [4.78, 5) is 0. The van der Waals surface area contributed by atoms with Crippen molar-refractivity contribution >= 4 is 17.1 Å². The highest BCUT2D eigenvalue weighted by atomic mass is 16.5. The lowest BCUT2D eigenvalue weighted by Gasteiger charge is -2.10. The molecule has 0 bridgehead atoms. The van der Waals surface area contributed by atoms with Crippen LogP contribution in [0.25, 0.3) is 0 Å². The van der Waals surface area contributed by atoms with Gasteiger partial charge in [0.25, 0.3) is 0 Å². The topological polar surface area (TPSA) is 56.5 Å². The van der Waals surface area contributed by atoms with E-state index in [2.05, 4.69) is 12.2 Å². The first-order valence-corrected chi connectivity index (χ1v) is 6.65. The summed E-state index contributed by atoms with van der Waals surface area (Å²) in [7, 11) is 1.62. The van der Waals surface area contributed by atoms with Gasteiger partial charge < -0.3 is 20.5 Å². The molecule has 0 spiro atoms. The van der Waals surface area contributed by atoms with Crippen molar-refractivity contribution in [3.05, 3.63) is 42.5 Å². The average Bonchev–Trinajstić information content (AvgIpc) is 2.46. The molecule has 0 saturated carbocycles. The Morgan fingerprint density at radius 2 is 1.75 bits per heavy atom. The third kappa shape index (κ3) is 3.82. The quantitative estimate of drug-likeness (QED) is 0.785. The third-order valence-electron chi connectivity index (χ3n) is 2.78. The minimum atomic E-state index is 0.662. The van der Waals surface area contributed by atoms with E-state index >= 15 is 0 Å². The van der Waals surface area contributed by atoms with Crippen LogP contribution >= 0.6 is 0 Å². The predicted molar refractivity (Wildman–Crippen MR) is 82.9 cm³/mol. The molecule has 3 N–H and O–H groups in total. The summed E-state index contributed by atoms with van der Waals surface area (Å²) in [6.07, 6.45) is 1.00. The van der Waals surface area contributed by atoms with E-state index in [1.54, 1.807) is 13.2 Å². The van der Waals surface area contributed by atoms with Crippen molar-refractivity contribution in [2.24, 2.45) is 0 Å². The Morgan fingerprint density at radius 3 is 2.40 bits per heavy atom. The van der Waals surface area contributed by atoms with E-state index in [9.17, 15) is 0 Å². The summed E-state index contributed by atoms with van der Waals surface area (Å²) in [5.74, 6) is 1.61. The van der Waals surface area contributed by atoms with Gasteiger partial charge in [-0.25, -0.2) is 0 Å². The zero-order chi connectivity index (χ0) is 14.4. The standard InChI is InChI=1S/C16H20N2O2/c1-3-8-20-15-6-4-13(5-7-15)18-14-9-12(17)10-16(11-14)19-2/h4-7,9-11,18H,3,8,17H2,1-2H3. The third-order valence-corrected chi connectivity index (χ3v) is 2.78. The minimum Gasteiger partial charge on any atom is -0.497 e. The number of hydrogen-bond acceptors (Lipinski definition) is 4. The number of methoxy groups -OCH3 is 1. The van der Waals surface area contributed by atoms with Gasteiger partial charge >= 0.3 is 0 Å². The van der Waals surface area contributed by atoms with E-state index in [0.29, 0.717) is 5.69 Å². The van der Waals surface area contributed by atoms with E-state index in [4.69, 9.17) is 15.2 Å². The smallest absolute Gasteiger partial charge is 0.122 e. The zero-order valence-electron chi connectivity index (χ0n) is 11.8. The molecule has 2 aromatic rings. The van der Waals surface area contributed by atoms with Gasteiger partial charge in [-0.1, -0.05) is 6.92 Å². The van der Waals surface area contributed by atoms with Crippen molar-refractivity contribution in [1.82, 2.24) is 0 Å².